The first-order chi connectivity index (χ1) is 14.6. The molecule has 0 bridgehead atoms. The van der Waals surface area contributed by atoms with E-state index in [4.69, 9.17) is 9.47 Å². The Bertz CT molecular complexity index is 1260. The van der Waals surface area contributed by atoms with Crippen LogP contribution in [0.4, 0.5) is 5.13 Å². The molecule has 9 heteroatoms. The summed E-state index contributed by atoms with van der Waals surface area (Å²) in [5.41, 5.74) is 0.725. The number of nitrogens with zero attached hydrogens (tertiary/aromatic N) is 3. The van der Waals surface area contributed by atoms with Crippen LogP contribution in [-0.4, -0.2) is 34.4 Å². The molecule has 4 aromatic rings. The summed E-state index contributed by atoms with van der Waals surface area (Å²) in [6, 6.07) is 13.9. The van der Waals surface area contributed by atoms with Crippen LogP contribution in [0.1, 0.15) is 17.4 Å². The van der Waals surface area contributed by atoms with Crippen LogP contribution in [0.15, 0.2) is 59.5 Å². The van der Waals surface area contributed by atoms with Crippen molar-refractivity contribution in [3.8, 4) is 17.2 Å². The van der Waals surface area contributed by atoms with Crippen LogP contribution in [0.2, 0.25) is 0 Å². The molecule has 152 valence electrons. The van der Waals surface area contributed by atoms with Crippen molar-refractivity contribution in [1.82, 2.24) is 14.8 Å². The smallest absolute Gasteiger partial charge is 0.281 e. The van der Waals surface area contributed by atoms with E-state index in [-0.39, 0.29) is 5.69 Å². The van der Waals surface area contributed by atoms with Crippen LogP contribution >= 0.6 is 11.3 Å². The lowest BCUT2D eigenvalue weighted by molar-refractivity contribution is 0.101. The van der Waals surface area contributed by atoms with Gasteiger partial charge in [0, 0.05) is 12.3 Å². The summed E-state index contributed by atoms with van der Waals surface area (Å²) in [6.07, 6.45) is 1.51. The highest BCUT2D eigenvalue weighted by Crippen LogP contribution is 2.29. The molecule has 2 aromatic heterocycles. The third-order valence-corrected chi connectivity index (χ3v) is 5.19. The molecule has 4 rings (SSSR count). The summed E-state index contributed by atoms with van der Waals surface area (Å²) in [5.74, 6) is 0.812. The van der Waals surface area contributed by atoms with E-state index in [1.165, 1.54) is 28.3 Å². The van der Waals surface area contributed by atoms with Gasteiger partial charge in [0.1, 0.15) is 11.5 Å². The normalized spacial score (nSPS) is 10.7. The highest BCUT2D eigenvalue weighted by Gasteiger charge is 2.16. The molecule has 30 heavy (non-hydrogen) atoms. The third-order valence-electron chi connectivity index (χ3n) is 4.25. The Morgan fingerprint density at radius 1 is 1.13 bits per heavy atom. The van der Waals surface area contributed by atoms with Gasteiger partial charge in [0.25, 0.3) is 5.91 Å². The van der Waals surface area contributed by atoms with Crippen molar-refractivity contribution >= 4 is 32.6 Å². The standard InChI is InChI=1S/C21H18N4O4S/c1-3-29-15-8-9-16-18(12-15)30-21(22-16)23-20(27)19-17(26)10-11-25(24-19)13-4-6-14(28-2)7-5-13/h4-12H,3H2,1-2H3,(H,22,23,27). The summed E-state index contributed by atoms with van der Waals surface area (Å²) >= 11 is 1.30. The second-order valence-corrected chi connectivity index (χ2v) is 7.24. The van der Waals surface area contributed by atoms with Gasteiger partial charge in [0.05, 0.1) is 29.6 Å². The Kier molecular flexibility index (Phi) is 5.44. The number of ether oxygens (including phenoxy) is 2. The van der Waals surface area contributed by atoms with Crippen LogP contribution in [-0.2, 0) is 0 Å². The third kappa shape index (κ3) is 4.01. The minimum atomic E-state index is -0.619. The summed E-state index contributed by atoms with van der Waals surface area (Å²) in [4.78, 5) is 29.3. The molecule has 0 saturated carbocycles. The van der Waals surface area contributed by atoms with Crippen molar-refractivity contribution < 1.29 is 14.3 Å². The van der Waals surface area contributed by atoms with Gasteiger partial charge in [-0.05, 0) is 49.4 Å². The van der Waals surface area contributed by atoms with E-state index < -0.39 is 11.3 Å². The fraction of sp³-hybridized carbons (Fsp3) is 0.143. The monoisotopic (exact) mass is 422 g/mol. The molecule has 0 unspecified atom stereocenters. The first kappa shape index (κ1) is 19.6. The molecule has 0 radical (unpaired) electrons. The van der Waals surface area contributed by atoms with Crippen LogP contribution in [0.3, 0.4) is 0 Å². The average molecular weight is 422 g/mol. The topological polar surface area (TPSA) is 95.3 Å². The zero-order valence-electron chi connectivity index (χ0n) is 16.3. The maximum Gasteiger partial charge on any atom is 0.281 e. The molecule has 0 fully saturated rings. The van der Waals surface area contributed by atoms with E-state index >= 15 is 0 Å². The number of thiazole rings is 1. The van der Waals surface area contributed by atoms with Gasteiger partial charge in [-0.25, -0.2) is 9.67 Å². The largest absolute Gasteiger partial charge is 0.497 e. The lowest BCUT2D eigenvalue weighted by Crippen LogP contribution is -2.25. The fourth-order valence-electron chi connectivity index (χ4n) is 2.81. The van der Waals surface area contributed by atoms with Crippen molar-refractivity contribution in [1.29, 1.82) is 0 Å². The predicted octanol–water partition coefficient (Wildman–Crippen LogP) is 3.50. The van der Waals surface area contributed by atoms with E-state index in [9.17, 15) is 9.59 Å². The molecule has 0 aliphatic rings. The molecule has 0 spiro atoms. The number of carbonyl (C=O) groups is 1. The molecule has 1 amide bonds. The lowest BCUT2D eigenvalue weighted by atomic mass is 10.3. The summed E-state index contributed by atoms with van der Waals surface area (Å²) in [5, 5.41) is 7.24. The number of fused-ring (bicyclic) bond motifs is 1. The molecule has 8 nitrogen and oxygen atoms in total. The highest BCUT2D eigenvalue weighted by molar-refractivity contribution is 7.22. The van der Waals surface area contributed by atoms with E-state index in [0.717, 1.165) is 16.0 Å². The molecule has 2 heterocycles. The zero-order valence-corrected chi connectivity index (χ0v) is 17.1. The maximum atomic E-state index is 12.7. The fourth-order valence-corrected chi connectivity index (χ4v) is 3.70. The first-order valence-electron chi connectivity index (χ1n) is 9.16. The number of methoxy groups -OCH3 is 1. The number of hydrogen-bond acceptors (Lipinski definition) is 7. The van der Waals surface area contributed by atoms with Gasteiger partial charge in [0.15, 0.2) is 10.8 Å². The summed E-state index contributed by atoms with van der Waals surface area (Å²) in [7, 11) is 1.58. The molecule has 0 atom stereocenters. The van der Waals surface area contributed by atoms with Gasteiger partial charge in [-0.1, -0.05) is 11.3 Å². The van der Waals surface area contributed by atoms with Crippen LogP contribution in [0, 0.1) is 0 Å². The van der Waals surface area contributed by atoms with Crippen LogP contribution < -0.4 is 20.2 Å². The predicted molar refractivity (Wildman–Crippen MR) is 115 cm³/mol. The van der Waals surface area contributed by atoms with Crippen molar-refractivity contribution in [2.45, 2.75) is 6.92 Å². The minimum absolute atomic E-state index is 0.220. The van der Waals surface area contributed by atoms with Gasteiger partial charge >= 0.3 is 0 Å². The zero-order chi connectivity index (χ0) is 21.1. The van der Waals surface area contributed by atoms with Gasteiger partial charge in [-0.2, -0.15) is 5.10 Å². The van der Waals surface area contributed by atoms with Crippen LogP contribution in [0.25, 0.3) is 15.9 Å². The van der Waals surface area contributed by atoms with Gasteiger partial charge < -0.3 is 9.47 Å². The number of amides is 1. The number of nitrogens with one attached hydrogen (secondary N) is 1. The Morgan fingerprint density at radius 3 is 2.63 bits per heavy atom. The number of rotatable bonds is 6. The van der Waals surface area contributed by atoms with Crippen LogP contribution in [0.5, 0.6) is 11.5 Å². The van der Waals surface area contributed by atoms with Crippen molar-refractivity contribution in [3.63, 3.8) is 0 Å². The quantitative estimate of drug-likeness (QED) is 0.511. The molecule has 2 aromatic carbocycles. The van der Waals surface area contributed by atoms with Gasteiger partial charge in [-0.3, -0.25) is 14.9 Å². The number of benzene rings is 2. The number of anilines is 1. The number of aromatic nitrogens is 3. The Morgan fingerprint density at radius 2 is 1.90 bits per heavy atom. The Hall–Kier alpha value is -3.72. The maximum absolute atomic E-state index is 12.7. The van der Waals surface area contributed by atoms with Crippen molar-refractivity contribution in [3.05, 3.63) is 70.6 Å². The second-order valence-electron chi connectivity index (χ2n) is 6.21. The Balaban J connectivity index is 1.59. The highest BCUT2D eigenvalue weighted by atomic mass is 32.1. The van der Waals surface area contributed by atoms with Gasteiger partial charge in [0.2, 0.25) is 5.43 Å². The van der Waals surface area contributed by atoms with E-state index in [1.54, 1.807) is 31.4 Å². The van der Waals surface area contributed by atoms with E-state index in [2.05, 4.69) is 15.4 Å². The first-order valence-corrected chi connectivity index (χ1v) is 9.98. The van der Waals surface area contributed by atoms with E-state index in [0.29, 0.717) is 23.2 Å². The SMILES string of the molecule is CCOc1ccc2nc(NC(=O)c3nn(-c4ccc(OC)cc4)ccc3=O)sc2c1. The molecule has 1 N–H and O–H groups in total. The van der Waals surface area contributed by atoms with Crippen molar-refractivity contribution in [2.75, 3.05) is 19.0 Å². The number of hydrogen-bond donors (Lipinski definition) is 1. The van der Waals surface area contributed by atoms with E-state index in [1.807, 2.05) is 25.1 Å². The molecular weight excluding hydrogens is 404 g/mol. The summed E-state index contributed by atoms with van der Waals surface area (Å²) < 4.78 is 13.0. The molecule has 0 aliphatic heterocycles. The molecule has 0 saturated heterocycles. The molecule has 0 aliphatic carbocycles. The average Bonchev–Trinajstić information content (AvgIpc) is 3.16. The summed E-state index contributed by atoms with van der Waals surface area (Å²) in [6.45, 7) is 2.47. The van der Waals surface area contributed by atoms with Gasteiger partial charge in [-0.15, -0.1) is 0 Å². The minimum Gasteiger partial charge on any atom is -0.497 e. The Labute approximate surface area is 175 Å². The molecular formula is C21H18N4O4S. The van der Waals surface area contributed by atoms with Crippen molar-refractivity contribution in [2.24, 2.45) is 0 Å². The second kappa shape index (κ2) is 8.34. The lowest BCUT2D eigenvalue weighted by Gasteiger charge is -2.08. The number of carbonyl (C=O) groups excluding carboxylic acids is 1.